The minimum absolute atomic E-state index is 0.0956. The van der Waals surface area contributed by atoms with Crippen molar-refractivity contribution in [2.75, 3.05) is 31.7 Å². The summed E-state index contributed by atoms with van der Waals surface area (Å²) in [6.45, 7) is 3.61. The second-order valence-electron chi connectivity index (χ2n) is 7.69. The number of thioether (sulfide) groups is 1. The van der Waals surface area contributed by atoms with Crippen LogP contribution in [-0.4, -0.2) is 65.7 Å². The summed E-state index contributed by atoms with van der Waals surface area (Å²) in [6.07, 6.45) is 2.83. The average Bonchev–Trinajstić information content (AvgIpc) is 3.13. The Labute approximate surface area is 197 Å². The molecule has 1 aliphatic carbocycles. The maximum Gasteiger partial charge on any atom is 0.407 e. The molecule has 0 fully saturated rings. The van der Waals surface area contributed by atoms with Gasteiger partial charge in [-0.1, -0.05) is 54.6 Å². The van der Waals surface area contributed by atoms with Crippen LogP contribution in [0.4, 0.5) is 4.79 Å². The molecule has 2 aromatic carbocycles. The number of amides is 2. The van der Waals surface area contributed by atoms with Crippen molar-refractivity contribution in [1.82, 2.24) is 10.2 Å². The minimum Gasteiger partial charge on any atom is -0.480 e. The van der Waals surface area contributed by atoms with E-state index < -0.39 is 30.6 Å². The zero-order chi connectivity index (χ0) is 23.8. The molecule has 7 nitrogen and oxygen atoms in total. The van der Waals surface area contributed by atoms with Crippen LogP contribution in [0, 0.1) is 0 Å². The number of carbonyl (C=O) groups excluding carboxylic acids is 2. The Bertz CT molecular complexity index is 980. The number of fused-ring (bicyclic) bond motifs is 3. The maximum atomic E-state index is 12.9. The Morgan fingerprint density at radius 3 is 2.30 bits per heavy atom. The molecule has 3 rings (SSSR count). The summed E-state index contributed by atoms with van der Waals surface area (Å²) in [7, 11) is 0. The number of rotatable bonds is 11. The molecule has 33 heavy (non-hydrogen) atoms. The van der Waals surface area contributed by atoms with Gasteiger partial charge in [-0.15, -0.1) is 6.58 Å². The van der Waals surface area contributed by atoms with Gasteiger partial charge in [0.1, 0.15) is 19.2 Å². The topological polar surface area (TPSA) is 95.9 Å². The molecule has 0 saturated carbocycles. The highest BCUT2D eigenvalue weighted by atomic mass is 32.2. The van der Waals surface area contributed by atoms with Gasteiger partial charge in [-0.2, -0.15) is 11.8 Å². The highest BCUT2D eigenvalue weighted by Gasteiger charge is 2.30. The largest absolute Gasteiger partial charge is 0.480 e. The van der Waals surface area contributed by atoms with E-state index in [4.69, 9.17) is 9.84 Å². The Hall–Kier alpha value is -3.26. The van der Waals surface area contributed by atoms with Crippen LogP contribution in [0.1, 0.15) is 23.5 Å². The van der Waals surface area contributed by atoms with Crippen LogP contribution >= 0.6 is 11.8 Å². The number of carboxylic acid groups (broad SMARTS) is 1. The highest BCUT2D eigenvalue weighted by Crippen LogP contribution is 2.44. The molecule has 2 amide bonds. The molecule has 2 N–H and O–H groups in total. The van der Waals surface area contributed by atoms with Gasteiger partial charge < -0.3 is 20.1 Å². The third-order valence-electron chi connectivity index (χ3n) is 5.54. The van der Waals surface area contributed by atoms with Crippen molar-refractivity contribution in [3.05, 3.63) is 72.3 Å². The SMILES string of the molecule is C=CCC(NC(=O)OCC1c2ccccc2-c2ccccc21)C(=O)N(CCSC)CC(=O)O. The molecule has 0 bridgehead atoms. The predicted molar refractivity (Wildman–Crippen MR) is 129 cm³/mol. The standard InChI is InChI=1S/C25H28N2O5S/c1-3-8-22(24(30)27(13-14-33-2)15-23(28)29)26-25(31)32-16-21-19-11-6-4-9-17(19)18-10-5-7-12-20(18)21/h3-7,9-12,21-22H,1,8,13-16H2,2H3,(H,26,31)(H,28,29). The lowest BCUT2D eigenvalue weighted by atomic mass is 9.98. The molecule has 8 heteroatoms. The first kappa shape index (κ1) is 24.4. The molecule has 174 valence electrons. The number of nitrogens with zero attached hydrogens (tertiary/aromatic N) is 1. The number of hydrogen-bond donors (Lipinski definition) is 2. The first-order chi connectivity index (χ1) is 16.0. The highest BCUT2D eigenvalue weighted by molar-refractivity contribution is 7.98. The van der Waals surface area contributed by atoms with Crippen LogP contribution in [0.15, 0.2) is 61.2 Å². The third kappa shape index (κ3) is 5.96. The fraction of sp³-hybridized carbons (Fsp3) is 0.320. The van der Waals surface area contributed by atoms with Gasteiger partial charge in [0.25, 0.3) is 0 Å². The van der Waals surface area contributed by atoms with Crippen molar-refractivity contribution in [2.45, 2.75) is 18.4 Å². The lowest BCUT2D eigenvalue weighted by molar-refractivity contribution is -0.145. The van der Waals surface area contributed by atoms with Crippen molar-refractivity contribution in [3.63, 3.8) is 0 Å². The average molecular weight is 469 g/mol. The number of aliphatic carboxylic acids is 1. The number of alkyl carbamates (subject to hydrolysis) is 1. The van der Waals surface area contributed by atoms with Gasteiger partial charge in [-0.25, -0.2) is 4.79 Å². The molecule has 0 heterocycles. The van der Waals surface area contributed by atoms with E-state index in [-0.39, 0.29) is 25.5 Å². The van der Waals surface area contributed by atoms with E-state index in [1.165, 1.54) is 22.7 Å². The first-order valence-electron chi connectivity index (χ1n) is 10.7. The fourth-order valence-electron chi connectivity index (χ4n) is 4.02. The van der Waals surface area contributed by atoms with E-state index in [0.29, 0.717) is 5.75 Å². The summed E-state index contributed by atoms with van der Waals surface area (Å²) >= 11 is 1.51. The van der Waals surface area contributed by atoms with Crippen molar-refractivity contribution in [1.29, 1.82) is 0 Å². The number of ether oxygens (including phenoxy) is 1. The molecule has 1 unspecified atom stereocenters. The van der Waals surface area contributed by atoms with Gasteiger partial charge in [0, 0.05) is 18.2 Å². The Kier molecular flexibility index (Phi) is 8.54. The van der Waals surface area contributed by atoms with Gasteiger partial charge in [0.05, 0.1) is 0 Å². The smallest absolute Gasteiger partial charge is 0.407 e. The zero-order valence-corrected chi connectivity index (χ0v) is 19.3. The molecule has 0 saturated heterocycles. The summed E-state index contributed by atoms with van der Waals surface area (Å²) in [5.41, 5.74) is 4.43. The summed E-state index contributed by atoms with van der Waals surface area (Å²) < 4.78 is 5.53. The van der Waals surface area contributed by atoms with Crippen LogP contribution in [0.2, 0.25) is 0 Å². The molecule has 0 aromatic heterocycles. The minimum atomic E-state index is -1.11. The quantitative estimate of drug-likeness (QED) is 0.488. The first-order valence-corrected chi connectivity index (χ1v) is 12.1. The number of carbonyl (C=O) groups is 3. The normalized spacial score (nSPS) is 12.9. The van der Waals surface area contributed by atoms with Crippen molar-refractivity contribution >= 4 is 29.7 Å². The Morgan fingerprint density at radius 2 is 1.76 bits per heavy atom. The number of hydrogen-bond acceptors (Lipinski definition) is 5. The lowest BCUT2D eigenvalue weighted by Crippen LogP contribution is -2.50. The second-order valence-corrected chi connectivity index (χ2v) is 8.68. The van der Waals surface area contributed by atoms with Gasteiger partial charge in [-0.3, -0.25) is 9.59 Å². The zero-order valence-electron chi connectivity index (χ0n) is 18.5. The van der Waals surface area contributed by atoms with Gasteiger partial charge in [0.15, 0.2) is 0 Å². The Balaban J connectivity index is 1.67. The van der Waals surface area contributed by atoms with Gasteiger partial charge >= 0.3 is 12.1 Å². The Morgan fingerprint density at radius 1 is 1.15 bits per heavy atom. The van der Waals surface area contributed by atoms with Crippen molar-refractivity contribution in [3.8, 4) is 11.1 Å². The van der Waals surface area contributed by atoms with E-state index in [2.05, 4.69) is 24.0 Å². The molecular weight excluding hydrogens is 440 g/mol. The molecule has 0 radical (unpaired) electrons. The number of benzene rings is 2. The maximum absolute atomic E-state index is 12.9. The summed E-state index contributed by atoms with van der Waals surface area (Å²) in [6, 6.07) is 15.1. The summed E-state index contributed by atoms with van der Waals surface area (Å²) in [4.78, 5) is 38.0. The second kappa shape index (κ2) is 11.6. The van der Waals surface area contributed by atoms with Gasteiger partial charge in [0.2, 0.25) is 5.91 Å². The molecule has 0 spiro atoms. The van der Waals surface area contributed by atoms with E-state index in [1.54, 1.807) is 0 Å². The monoisotopic (exact) mass is 468 g/mol. The summed E-state index contributed by atoms with van der Waals surface area (Å²) in [5.74, 6) is -1.09. The lowest BCUT2D eigenvalue weighted by Gasteiger charge is -2.26. The van der Waals surface area contributed by atoms with Crippen molar-refractivity contribution < 1.29 is 24.2 Å². The van der Waals surface area contributed by atoms with E-state index in [1.807, 2.05) is 42.7 Å². The van der Waals surface area contributed by atoms with Crippen LogP contribution in [-0.2, 0) is 14.3 Å². The van der Waals surface area contributed by atoms with Gasteiger partial charge in [-0.05, 0) is 34.9 Å². The van der Waals surface area contributed by atoms with E-state index in [9.17, 15) is 14.4 Å². The van der Waals surface area contributed by atoms with E-state index >= 15 is 0 Å². The molecule has 1 atom stereocenters. The molecule has 1 aliphatic rings. The number of nitrogens with one attached hydrogen (secondary N) is 1. The predicted octanol–water partition coefficient (Wildman–Crippen LogP) is 3.75. The third-order valence-corrected chi connectivity index (χ3v) is 6.13. The van der Waals surface area contributed by atoms with Crippen LogP contribution in [0.3, 0.4) is 0 Å². The van der Waals surface area contributed by atoms with Crippen LogP contribution < -0.4 is 5.32 Å². The van der Waals surface area contributed by atoms with Crippen molar-refractivity contribution in [2.24, 2.45) is 0 Å². The molecule has 0 aliphatic heterocycles. The summed E-state index contributed by atoms with van der Waals surface area (Å²) in [5, 5.41) is 11.8. The van der Waals surface area contributed by atoms with E-state index in [0.717, 1.165) is 22.3 Å². The van der Waals surface area contributed by atoms with Crippen LogP contribution in [0.25, 0.3) is 11.1 Å². The molecular formula is C25H28N2O5S. The van der Waals surface area contributed by atoms with Crippen LogP contribution in [0.5, 0.6) is 0 Å². The number of carboxylic acids is 1. The molecule has 2 aromatic rings. The fourth-order valence-corrected chi connectivity index (χ4v) is 4.43.